The molecule has 9 heteroatoms. The fourth-order valence-corrected chi connectivity index (χ4v) is 5.46. The molecule has 1 heterocycles. The summed E-state index contributed by atoms with van der Waals surface area (Å²) in [6, 6.07) is 3.46. The fraction of sp³-hybridized carbons (Fsp3) is 0.538. The number of sulfonamides is 1. The summed E-state index contributed by atoms with van der Waals surface area (Å²) in [6.45, 7) is 0.829. The highest BCUT2D eigenvalue weighted by atomic mass is 35.5. The maximum absolute atomic E-state index is 12.7. The van der Waals surface area contributed by atoms with Crippen molar-refractivity contribution in [1.29, 1.82) is 0 Å². The van der Waals surface area contributed by atoms with Gasteiger partial charge in [0, 0.05) is 31.3 Å². The molecule has 3 rings (SSSR count). The van der Waals surface area contributed by atoms with Crippen LogP contribution in [-0.2, 0) is 10.0 Å². The van der Waals surface area contributed by atoms with E-state index in [4.69, 9.17) is 17.3 Å². The van der Waals surface area contributed by atoms with Crippen molar-refractivity contribution in [2.75, 3.05) is 13.1 Å². The molecular formula is C13H16ClN3O4S. The van der Waals surface area contributed by atoms with Crippen LogP contribution in [0.2, 0.25) is 5.02 Å². The smallest absolute Gasteiger partial charge is 0.271 e. The average molecular weight is 346 g/mol. The van der Waals surface area contributed by atoms with E-state index in [-0.39, 0.29) is 27.6 Å². The van der Waals surface area contributed by atoms with Gasteiger partial charge < -0.3 is 5.73 Å². The van der Waals surface area contributed by atoms with Gasteiger partial charge in [-0.2, -0.15) is 4.31 Å². The number of nitrogens with zero attached hydrogens (tertiary/aromatic N) is 2. The monoisotopic (exact) mass is 345 g/mol. The normalized spacial score (nSPS) is 28.7. The first-order chi connectivity index (χ1) is 10.3. The molecule has 2 aliphatic rings. The van der Waals surface area contributed by atoms with E-state index in [2.05, 4.69) is 0 Å². The number of rotatable bonds is 3. The molecule has 3 atom stereocenters. The van der Waals surface area contributed by atoms with Gasteiger partial charge >= 0.3 is 0 Å². The molecule has 2 fully saturated rings. The molecule has 7 nitrogen and oxygen atoms in total. The van der Waals surface area contributed by atoms with Crippen LogP contribution in [0.25, 0.3) is 0 Å². The second-order valence-corrected chi connectivity index (χ2v) is 8.17. The third-order valence-corrected chi connectivity index (χ3v) is 6.94. The quantitative estimate of drug-likeness (QED) is 0.661. The maximum Gasteiger partial charge on any atom is 0.271 e. The van der Waals surface area contributed by atoms with Crippen molar-refractivity contribution in [1.82, 2.24) is 4.31 Å². The zero-order valence-corrected chi connectivity index (χ0v) is 13.3. The minimum Gasteiger partial charge on any atom is -0.327 e. The van der Waals surface area contributed by atoms with Crippen LogP contribution in [0.1, 0.15) is 12.8 Å². The predicted octanol–water partition coefficient (Wildman–Crippen LogP) is 1.61. The first-order valence-electron chi connectivity index (χ1n) is 7.00. The van der Waals surface area contributed by atoms with Gasteiger partial charge in [-0.25, -0.2) is 8.42 Å². The Labute approximate surface area is 133 Å². The van der Waals surface area contributed by atoms with Gasteiger partial charge in [0.05, 0.1) is 9.95 Å². The Morgan fingerprint density at radius 3 is 2.64 bits per heavy atom. The van der Waals surface area contributed by atoms with Crippen LogP contribution < -0.4 is 5.73 Å². The minimum atomic E-state index is -3.75. The standard InChI is InChI=1S/C13H16ClN3O4S/c14-11-5-9(17(18)19)2-4-13(11)22(20,21)16-6-8-1-3-12(15)10(8)7-16/h2,4-5,8,10,12H,1,3,6-7,15H2. The zero-order valence-electron chi connectivity index (χ0n) is 11.7. The van der Waals surface area contributed by atoms with Crippen LogP contribution in [0, 0.1) is 22.0 Å². The van der Waals surface area contributed by atoms with Crippen LogP contribution in [0.3, 0.4) is 0 Å². The van der Waals surface area contributed by atoms with E-state index < -0.39 is 14.9 Å². The number of nitro benzene ring substituents is 1. The molecule has 0 amide bonds. The number of hydrogen-bond donors (Lipinski definition) is 1. The van der Waals surface area contributed by atoms with Crippen molar-refractivity contribution in [3.63, 3.8) is 0 Å². The first-order valence-corrected chi connectivity index (χ1v) is 8.82. The molecule has 1 saturated carbocycles. The van der Waals surface area contributed by atoms with Crippen LogP contribution in [0.15, 0.2) is 23.1 Å². The van der Waals surface area contributed by atoms with E-state index in [0.717, 1.165) is 25.0 Å². The predicted molar refractivity (Wildman–Crippen MR) is 81.1 cm³/mol. The second-order valence-electron chi connectivity index (χ2n) is 5.86. The Kier molecular flexibility index (Phi) is 3.88. The minimum absolute atomic E-state index is 0.0394. The van der Waals surface area contributed by atoms with Crippen LogP contribution in [0.4, 0.5) is 5.69 Å². The van der Waals surface area contributed by atoms with Gasteiger partial charge in [-0.15, -0.1) is 0 Å². The van der Waals surface area contributed by atoms with Gasteiger partial charge in [-0.05, 0) is 30.7 Å². The number of non-ortho nitro benzene ring substituents is 1. The van der Waals surface area contributed by atoms with Crippen molar-refractivity contribution < 1.29 is 13.3 Å². The van der Waals surface area contributed by atoms with Crippen LogP contribution >= 0.6 is 11.6 Å². The third-order valence-electron chi connectivity index (χ3n) is 4.62. The van der Waals surface area contributed by atoms with Gasteiger partial charge in [0.15, 0.2) is 0 Å². The zero-order chi connectivity index (χ0) is 16.1. The highest BCUT2D eigenvalue weighted by Gasteiger charge is 2.45. The van der Waals surface area contributed by atoms with Crippen molar-refractivity contribution in [3.05, 3.63) is 33.3 Å². The molecule has 2 N–H and O–H groups in total. The van der Waals surface area contributed by atoms with Gasteiger partial charge in [-0.3, -0.25) is 10.1 Å². The fourth-order valence-electron chi connectivity index (χ4n) is 3.41. The van der Waals surface area contributed by atoms with Crippen LogP contribution in [-0.4, -0.2) is 36.8 Å². The Balaban J connectivity index is 1.89. The van der Waals surface area contributed by atoms with Crippen molar-refractivity contribution >= 4 is 27.3 Å². The summed E-state index contributed by atoms with van der Waals surface area (Å²) in [4.78, 5) is 10.0. The molecule has 0 radical (unpaired) electrons. The topological polar surface area (TPSA) is 107 Å². The first kappa shape index (κ1) is 15.7. The van der Waals surface area contributed by atoms with Gasteiger partial charge in [0.2, 0.25) is 10.0 Å². The van der Waals surface area contributed by atoms with E-state index in [0.29, 0.717) is 19.0 Å². The van der Waals surface area contributed by atoms with E-state index in [1.165, 1.54) is 10.4 Å². The van der Waals surface area contributed by atoms with Crippen molar-refractivity contribution in [2.45, 2.75) is 23.8 Å². The molecule has 0 spiro atoms. The van der Waals surface area contributed by atoms with Crippen molar-refractivity contribution in [2.24, 2.45) is 17.6 Å². The molecule has 1 saturated heterocycles. The average Bonchev–Trinajstić information content (AvgIpc) is 3.01. The Hall–Kier alpha value is -1.22. The molecule has 120 valence electrons. The SMILES string of the molecule is NC1CCC2CN(S(=O)(=O)c3ccc([N+](=O)[O-])cc3Cl)CC12. The number of halogens is 1. The van der Waals surface area contributed by atoms with Gasteiger partial charge in [0.25, 0.3) is 5.69 Å². The van der Waals surface area contributed by atoms with E-state index >= 15 is 0 Å². The number of hydrogen-bond acceptors (Lipinski definition) is 5. The molecule has 0 bridgehead atoms. The molecule has 1 aliphatic heterocycles. The molecule has 0 aromatic heterocycles. The molecule has 1 aromatic rings. The lowest BCUT2D eigenvalue weighted by Gasteiger charge is -2.19. The van der Waals surface area contributed by atoms with E-state index in [9.17, 15) is 18.5 Å². The highest BCUT2D eigenvalue weighted by molar-refractivity contribution is 7.89. The summed E-state index contributed by atoms with van der Waals surface area (Å²) in [5.41, 5.74) is 5.79. The Morgan fingerprint density at radius 2 is 2.05 bits per heavy atom. The summed E-state index contributed by atoms with van der Waals surface area (Å²) in [5.74, 6) is 0.480. The summed E-state index contributed by atoms with van der Waals surface area (Å²) in [6.07, 6.45) is 1.87. The number of benzene rings is 1. The van der Waals surface area contributed by atoms with Gasteiger partial charge in [0.1, 0.15) is 4.90 Å². The second kappa shape index (κ2) is 5.45. The third kappa shape index (κ3) is 2.50. The van der Waals surface area contributed by atoms with E-state index in [1.54, 1.807) is 0 Å². The summed E-state index contributed by atoms with van der Waals surface area (Å²) in [5, 5.41) is 10.6. The Bertz CT molecular complexity index is 724. The lowest BCUT2D eigenvalue weighted by molar-refractivity contribution is -0.384. The molecule has 3 unspecified atom stereocenters. The molecule has 22 heavy (non-hydrogen) atoms. The summed E-state index contributed by atoms with van der Waals surface area (Å²) in [7, 11) is -3.75. The molecule has 1 aromatic carbocycles. The molecular weight excluding hydrogens is 330 g/mol. The maximum atomic E-state index is 12.7. The number of nitro groups is 1. The van der Waals surface area contributed by atoms with Crippen molar-refractivity contribution in [3.8, 4) is 0 Å². The molecule has 1 aliphatic carbocycles. The lowest BCUT2D eigenvalue weighted by atomic mass is 9.98. The largest absolute Gasteiger partial charge is 0.327 e. The Morgan fingerprint density at radius 1 is 1.32 bits per heavy atom. The van der Waals surface area contributed by atoms with E-state index in [1.807, 2.05) is 0 Å². The van der Waals surface area contributed by atoms with Gasteiger partial charge in [-0.1, -0.05) is 11.6 Å². The number of nitrogens with two attached hydrogens (primary N) is 1. The summed E-state index contributed by atoms with van der Waals surface area (Å²) >= 11 is 5.95. The summed E-state index contributed by atoms with van der Waals surface area (Å²) < 4.78 is 26.8. The number of fused-ring (bicyclic) bond motifs is 1. The lowest BCUT2D eigenvalue weighted by Crippen LogP contribution is -2.33. The van der Waals surface area contributed by atoms with Crippen LogP contribution in [0.5, 0.6) is 0 Å². The highest BCUT2D eigenvalue weighted by Crippen LogP contribution is 2.40.